The fraction of sp³-hybridized carbons (Fsp3) is 0.103. The van der Waals surface area contributed by atoms with E-state index in [1.807, 2.05) is 0 Å². The van der Waals surface area contributed by atoms with E-state index in [0.717, 1.165) is 24.3 Å². The molecule has 4 rings (SSSR count). The van der Waals surface area contributed by atoms with Gasteiger partial charge in [0.05, 0.1) is 16.1 Å². The molecule has 0 bridgehead atoms. The standard InChI is InChI=1S/C29H19F6NO5S/c30-28(31,32)27(29(33,34)35,41-26(38)21-12-6-2-7-13-21)22-16-18-23(19-17-22)36(25(37)20-10-4-1-5-11-20)42(39,40)24-14-8-3-9-15-24/h1-19H. The van der Waals surface area contributed by atoms with Gasteiger partial charge in [-0.1, -0.05) is 66.7 Å². The van der Waals surface area contributed by atoms with Crippen LogP contribution in [-0.2, 0) is 20.4 Å². The number of rotatable bonds is 7. The second-order valence-electron chi connectivity index (χ2n) is 8.73. The van der Waals surface area contributed by atoms with E-state index in [-0.39, 0.29) is 14.8 Å². The van der Waals surface area contributed by atoms with Crippen LogP contribution in [0, 0.1) is 0 Å². The van der Waals surface area contributed by atoms with Gasteiger partial charge in [0, 0.05) is 11.1 Å². The highest BCUT2D eigenvalue weighted by molar-refractivity contribution is 7.93. The largest absolute Gasteiger partial charge is 0.442 e. The summed E-state index contributed by atoms with van der Waals surface area (Å²) in [5.74, 6) is -3.03. The number of alkyl halides is 6. The molecule has 0 spiro atoms. The van der Waals surface area contributed by atoms with Crippen LogP contribution in [-0.4, -0.2) is 32.6 Å². The second-order valence-corrected chi connectivity index (χ2v) is 10.5. The van der Waals surface area contributed by atoms with Crippen LogP contribution in [0.15, 0.2) is 120 Å². The molecule has 0 aliphatic rings. The summed E-state index contributed by atoms with van der Waals surface area (Å²) >= 11 is 0. The van der Waals surface area contributed by atoms with Gasteiger partial charge in [-0.3, -0.25) is 4.79 Å². The van der Waals surface area contributed by atoms with E-state index in [2.05, 4.69) is 4.74 Å². The van der Waals surface area contributed by atoms with Crippen molar-refractivity contribution in [1.82, 2.24) is 0 Å². The van der Waals surface area contributed by atoms with E-state index in [0.29, 0.717) is 24.3 Å². The zero-order chi connectivity index (χ0) is 30.8. The monoisotopic (exact) mass is 607 g/mol. The molecule has 4 aromatic carbocycles. The van der Waals surface area contributed by atoms with Gasteiger partial charge < -0.3 is 4.74 Å². The number of hydrogen-bond donors (Lipinski definition) is 0. The highest BCUT2D eigenvalue weighted by Gasteiger charge is 2.75. The van der Waals surface area contributed by atoms with Crippen LogP contribution in [0.4, 0.5) is 32.0 Å². The van der Waals surface area contributed by atoms with Crippen molar-refractivity contribution in [2.45, 2.75) is 22.8 Å². The molecule has 0 radical (unpaired) electrons. The highest BCUT2D eigenvalue weighted by Crippen LogP contribution is 2.53. The first kappa shape index (κ1) is 30.3. The molecule has 218 valence electrons. The van der Waals surface area contributed by atoms with Crippen LogP contribution in [0.1, 0.15) is 26.3 Å². The Morgan fingerprint density at radius 3 is 1.48 bits per heavy atom. The quantitative estimate of drug-likeness (QED) is 0.169. The summed E-state index contributed by atoms with van der Waals surface area (Å²) in [5, 5.41) is 0. The third kappa shape index (κ3) is 5.59. The van der Waals surface area contributed by atoms with Crippen LogP contribution < -0.4 is 4.31 Å². The molecule has 1 amide bonds. The number of benzene rings is 4. The average Bonchev–Trinajstić information content (AvgIpc) is 2.96. The minimum absolute atomic E-state index is 0.127. The highest BCUT2D eigenvalue weighted by atomic mass is 32.2. The summed E-state index contributed by atoms with van der Waals surface area (Å²) < 4.78 is 117. The molecule has 0 saturated carbocycles. The number of sulfonamides is 1. The summed E-state index contributed by atoms with van der Waals surface area (Å²) in [7, 11) is -4.71. The smallest absolute Gasteiger partial charge is 0.431 e. The third-order valence-corrected chi connectivity index (χ3v) is 7.77. The van der Waals surface area contributed by atoms with Crippen LogP contribution in [0.3, 0.4) is 0 Å². The number of halogens is 6. The first-order valence-electron chi connectivity index (χ1n) is 11.9. The molecule has 0 unspecified atom stereocenters. The number of anilines is 1. The summed E-state index contributed by atoms with van der Waals surface area (Å²) in [6.45, 7) is 0. The van der Waals surface area contributed by atoms with E-state index >= 15 is 0 Å². The molecule has 6 nitrogen and oxygen atoms in total. The van der Waals surface area contributed by atoms with Gasteiger partial charge in [0.1, 0.15) is 0 Å². The van der Waals surface area contributed by atoms with Crippen molar-refractivity contribution in [3.63, 3.8) is 0 Å². The first-order valence-corrected chi connectivity index (χ1v) is 13.4. The molecule has 13 heteroatoms. The van der Waals surface area contributed by atoms with E-state index < -0.39 is 56.7 Å². The predicted octanol–water partition coefficient (Wildman–Crippen LogP) is 6.90. The van der Waals surface area contributed by atoms with Crippen molar-refractivity contribution in [2.75, 3.05) is 4.31 Å². The lowest BCUT2D eigenvalue weighted by Crippen LogP contribution is -2.56. The summed E-state index contributed by atoms with van der Waals surface area (Å²) in [5.41, 5.74) is -7.96. The number of carbonyl (C=O) groups excluding carboxylic acids is 2. The number of nitrogens with zero attached hydrogens (tertiary/aromatic N) is 1. The number of ether oxygens (including phenoxy) is 1. The predicted molar refractivity (Wildman–Crippen MR) is 139 cm³/mol. The Kier molecular flexibility index (Phi) is 8.17. The Labute approximate surface area is 235 Å². The molecule has 0 N–H and O–H groups in total. The van der Waals surface area contributed by atoms with Crippen LogP contribution in [0.5, 0.6) is 0 Å². The third-order valence-electron chi connectivity index (χ3n) is 6.05. The SMILES string of the molecule is O=C(OC(c1ccc(N(C(=O)c2ccccc2)S(=O)(=O)c2ccccc2)cc1)(C(F)(F)F)C(F)(F)F)c1ccccc1. The van der Waals surface area contributed by atoms with Gasteiger partial charge >= 0.3 is 23.9 Å². The maximum Gasteiger partial charge on any atom is 0.442 e. The molecule has 0 heterocycles. The van der Waals surface area contributed by atoms with E-state index in [1.54, 1.807) is 6.07 Å². The van der Waals surface area contributed by atoms with Gasteiger partial charge in [-0.2, -0.15) is 30.6 Å². The zero-order valence-corrected chi connectivity index (χ0v) is 22.0. The minimum atomic E-state index is -6.20. The van der Waals surface area contributed by atoms with Crippen molar-refractivity contribution in [2.24, 2.45) is 0 Å². The Hall–Kier alpha value is -4.65. The number of carbonyl (C=O) groups is 2. The molecule has 0 saturated heterocycles. The lowest BCUT2D eigenvalue weighted by atomic mass is 9.91. The van der Waals surface area contributed by atoms with Gasteiger partial charge in [0.15, 0.2) is 0 Å². The van der Waals surface area contributed by atoms with Gasteiger partial charge in [-0.25, -0.2) is 13.2 Å². The van der Waals surface area contributed by atoms with Crippen molar-refractivity contribution < 1.29 is 49.1 Å². The lowest BCUT2D eigenvalue weighted by Gasteiger charge is -2.37. The number of hydrogen-bond acceptors (Lipinski definition) is 5. The lowest BCUT2D eigenvalue weighted by molar-refractivity contribution is -0.373. The molecule has 0 aliphatic carbocycles. The summed E-state index contributed by atoms with van der Waals surface area (Å²) in [6.07, 6.45) is -12.4. The Morgan fingerprint density at radius 2 is 1.02 bits per heavy atom. The average molecular weight is 608 g/mol. The Balaban J connectivity index is 1.87. The van der Waals surface area contributed by atoms with E-state index in [1.165, 1.54) is 60.7 Å². The van der Waals surface area contributed by atoms with Gasteiger partial charge in [-0.05, 0) is 48.5 Å². The Morgan fingerprint density at radius 1 is 0.595 bits per heavy atom. The summed E-state index contributed by atoms with van der Waals surface area (Å²) in [4.78, 5) is 25.5. The maximum absolute atomic E-state index is 14.3. The summed E-state index contributed by atoms with van der Waals surface area (Å²) in [6, 6.07) is 21.1. The first-order chi connectivity index (χ1) is 19.7. The van der Waals surface area contributed by atoms with Crippen molar-refractivity contribution >= 4 is 27.6 Å². The van der Waals surface area contributed by atoms with Crippen molar-refractivity contribution in [3.8, 4) is 0 Å². The fourth-order valence-corrected chi connectivity index (χ4v) is 5.46. The molecular formula is C29H19F6NO5S. The molecule has 42 heavy (non-hydrogen) atoms. The van der Waals surface area contributed by atoms with Crippen LogP contribution in [0.25, 0.3) is 0 Å². The van der Waals surface area contributed by atoms with E-state index in [4.69, 9.17) is 0 Å². The maximum atomic E-state index is 14.3. The minimum Gasteiger partial charge on any atom is -0.431 e. The molecule has 0 aliphatic heterocycles. The molecule has 0 atom stereocenters. The number of amides is 1. The van der Waals surface area contributed by atoms with Gasteiger partial charge in [0.25, 0.3) is 15.9 Å². The Bertz CT molecular complexity index is 1650. The van der Waals surface area contributed by atoms with E-state index in [9.17, 15) is 44.3 Å². The van der Waals surface area contributed by atoms with Crippen molar-refractivity contribution in [1.29, 1.82) is 0 Å². The normalized spacial score (nSPS) is 12.4. The van der Waals surface area contributed by atoms with Crippen molar-refractivity contribution in [3.05, 3.63) is 132 Å². The second kappa shape index (κ2) is 11.3. The van der Waals surface area contributed by atoms with Gasteiger partial charge in [-0.15, -0.1) is 0 Å². The topological polar surface area (TPSA) is 80.8 Å². The van der Waals surface area contributed by atoms with Crippen LogP contribution >= 0.6 is 0 Å². The molecule has 0 fully saturated rings. The molecular weight excluding hydrogens is 588 g/mol. The fourth-order valence-electron chi connectivity index (χ4n) is 4.03. The molecule has 0 aromatic heterocycles. The van der Waals surface area contributed by atoms with Crippen LogP contribution in [0.2, 0.25) is 0 Å². The number of esters is 1. The van der Waals surface area contributed by atoms with Gasteiger partial charge in [0.2, 0.25) is 0 Å². The molecule has 4 aromatic rings. The zero-order valence-electron chi connectivity index (χ0n) is 21.1.